The van der Waals surface area contributed by atoms with Crippen molar-refractivity contribution in [2.24, 2.45) is 5.92 Å². The summed E-state index contributed by atoms with van der Waals surface area (Å²) in [5.41, 5.74) is 1.64. The van der Waals surface area contributed by atoms with Crippen molar-refractivity contribution < 1.29 is 4.79 Å². The van der Waals surface area contributed by atoms with Crippen molar-refractivity contribution in [3.05, 3.63) is 23.4 Å². The molecule has 1 atom stereocenters. The van der Waals surface area contributed by atoms with Crippen LogP contribution in [0.2, 0.25) is 0 Å². The molecule has 116 valence electrons. The van der Waals surface area contributed by atoms with Crippen LogP contribution in [0, 0.1) is 5.92 Å². The Morgan fingerprint density at radius 2 is 1.90 bits per heavy atom. The summed E-state index contributed by atoms with van der Waals surface area (Å²) in [5.74, 6) is 1.69. The normalized spacial score (nSPS) is 17.0. The van der Waals surface area contributed by atoms with Crippen molar-refractivity contribution in [2.45, 2.75) is 58.4 Å². The third-order valence-corrected chi connectivity index (χ3v) is 4.42. The highest BCUT2D eigenvalue weighted by atomic mass is 16.1. The molecule has 0 radical (unpaired) electrons. The van der Waals surface area contributed by atoms with Crippen molar-refractivity contribution in [3.63, 3.8) is 0 Å². The molecule has 1 aromatic heterocycles. The molecule has 1 fully saturated rings. The van der Waals surface area contributed by atoms with E-state index in [0.29, 0.717) is 17.4 Å². The third kappa shape index (κ3) is 3.96. The van der Waals surface area contributed by atoms with E-state index in [-0.39, 0.29) is 11.9 Å². The Kier molecular flexibility index (Phi) is 5.21. The summed E-state index contributed by atoms with van der Waals surface area (Å²) in [6, 6.07) is 3.97. The largest absolute Gasteiger partial charge is 0.373 e. The maximum absolute atomic E-state index is 12.5. The number of amides is 1. The van der Waals surface area contributed by atoms with Crippen LogP contribution in [0.5, 0.6) is 0 Å². The number of rotatable bonds is 5. The van der Waals surface area contributed by atoms with E-state index in [1.165, 1.54) is 25.7 Å². The zero-order chi connectivity index (χ0) is 15.4. The predicted molar refractivity (Wildman–Crippen MR) is 86.8 cm³/mol. The number of carbonyl (C=O) groups is 1. The summed E-state index contributed by atoms with van der Waals surface area (Å²) in [5, 5.41) is 6.20. The number of nitrogens with one attached hydrogen (secondary N) is 2. The van der Waals surface area contributed by atoms with Gasteiger partial charge in [0, 0.05) is 24.3 Å². The molecule has 1 aromatic rings. The summed E-state index contributed by atoms with van der Waals surface area (Å²) < 4.78 is 0. The number of carbonyl (C=O) groups excluding carboxylic acids is 1. The number of pyridine rings is 1. The van der Waals surface area contributed by atoms with Gasteiger partial charge in [0.25, 0.3) is 5.91 Å². The van der Waals surface area contributed by atoms with Crippen molar-refractivity contribution in [2.75, 3.05) is 12.4 Å². The van der Waals surface area contributed by atoms with Crippen molar-refractivity contribution in [1.82, 2.24) is 10.3 Å². The Bertz CT molecular complexity index is 493. The lowest BCUT2D eigenvalue weighted by atomic mass is 9.99. The highest BCUT2D eigenvalue weighted by Gasteiger charge is 2.23. The first-order chi connectivity index (χ1) is 10.0. The van der Waals surface area contributed by atoms with E-state index in [9.17, 15) is 4.79 Å². The highest BCUT2D eigenvalue weighted by Crippen LogP contribution is 2.27. The molecule has 21 heavy (non-hydrogen) atoms. The molecule has 4 heteroatoms. The van der Waals surface area contributed by atoms with Crippen molar-refractivity contribution >= 4 is 11.7 Å². The number of aromatic nitrogens is 1. The monoisotopic (exact) mass is 289 g/mol. The topological polar surface area (TPSA) is 54.0 Å². The standard InChI is InChI=1S/C17H27N3O/c1-11(2)15-9-14(10-16(18-4)20-15)17(21)19-12(3)13-7-5-6-8-13/h9-13H,5-8H2,1-4H3,(H,18,20)(H,19,21). The first-order valence-electron chi connectivity index (χ1n) is 8.02. The lowest BCUT2D eigenvalue weighted by molar-refractivity contribution is 0.0927. The van der Waals surface area contributed by atoms with Gasteiger partial charge in [-0.05, 0) is 43.7 Å². The van der Waals surface area contributed by atoms with Crippen molar-refractivity contribution in [3.8, 4) is 0 Å². The van der Waals surface area contributed by atoms with E-state index in [1.807, 2.05) is 19.2 Å². The van der Waals surface area contributed by atoms with Crippen LogP contribution in [-0.4, -0.2) is 24.0 Å². The van der Waals surface area contributed by atoms with Gasteiger partial charge in [-0.25, -0.2) is 4.98 Å². The van der Waals surface area contributed by atoms with E-state index in [1.54, 1.807) is 0 Å². The van der Waals surface area contributed by atoms with Crippen LogP contribution >= 0.6 is 0 Å². The molecule has 1 heterocycles. The minimum absolute atomic E-state index is 0.00944. The second kappa shape index (κ2) is 6.92. The summed E-state index contributed by atoms with van der Waals surface area (Å²) in [4.78, 5) is 17.0. The van der Waals surface area contributed by atoms with Crippen LogP contribution in [0.25, 0.3) is 0 Å². The lowest BCUT2D eigenvalue weighted by Crippen LogP contribution is -2.37. The molecular weight excluding hydrogens is 262 g/mol. The second-order valence-electron chi connectivity index (χ2n) is 6.38. The smallest absolute Gasteiger partial charge is 0.251 e. The second-order valence-corrected chi connectivity index (χ2v) is 6.38. The summed E-state index contributed by atoms with van der Waals surface area (Å²) in [6.07, 6.45) is 5.05. The first-order valence-corrected chi connectivity index (χ1v) is 8.02. The zero-order valence-corrected chi connectivity index (χ0v) is 13.6. The van der Waals surface area contributed by atoms with Gasteiger partial charge in [0.15, 0.2) is 0 Å². The fourth-order valence-corrected chi connectivity index (χ4v) is 2.97. The molecule has 2 rings (SSSR count). The lowest BCUT2D eigenvalue weighted by Gasteiger charge is -2.21. The Morgan fingerprint density at radius 3 is 2.48 bits per heavy atom. The highest BCUT2D eigenvalue weighted by molar-refractivity contribution is 5.95. The molecule has 0 aromatic carbocycles. The molecular formula is C17H27N3O. The van der Waals surface area contributed by atoms with Gasteiger partial charge in [-0.1, -0.05) is 26.7 Å². The van der Waals surface area contributed by atoms with Crippen LogP contribution in [0.1, 0.15) is 68.4 Å². The minimum atomic E-state index is 0.00944. The zero-order valence-electron chi connectivity index (χ0n) is 13.6. The molecule has 4 nitrogen and oxygen atoms in total. The SMILES string of the molecule is CNc1cc(C(=O)NC(C)C2CCCC2)cc(C(C)C)n1. The molecule has 1 unspecified atom stereocenters. The molecule has 1 aliphatic rings. The maximum atomic E-state index is 12.5. The van der Waals surface area contributed by atoms with E-state index in [2.05, 4.69) is 36.4 Å². The first kappa shape index (κ1) is 15.8. The number of nitrogens with zero attached hydrogens (tertiary/aromatic N) is 1. The number of anilines is 1. The Hall–Kier alpha value is -1.58. The molecule has 1 aliphatic carbocycles. The van der Waals surface area contributed by atoms with Crippen LogP contribution in [0.3, 0.4) is 0 Å². The van der Waals surface area contributed by atoms with Gasteiger partial charge in [0.1, 0.15) is 5.82 Å². The van der Waals surface area contributed by atoms with Gasteiger partial charge in [-0.2, -0.15) is 0 Å². The van der Waals surface area contributed by atoms with Crippen molar-refractivity contribution in [1.29, 1.82) is 0 Å². The van der Waals surface area contributed by atoms with Gasteiger partial charge >= 0.3 is 0 Å². The molecule has 0 spiro atoms. The van der Waals surface area contributed by atoms with Gasteiger partial charge < -0.3 is 10.6 Å². The van der Waals surface area contributed by atoms with E-state index in [4.69, 9.17) is 0 Å². The van der Waals surface area contributed by atoms with E-state index >= 15 is 0 Å². The Morgan fingerprint density at radius 1 is 1.24 bits per heavy atom. The van der Waals surface area contributed by atoms with Gasteiger partial charge in [-0.3, -0.25) is 4.79 Å². The quantitative estimate of drug-likeness (QED) is 0.871. The third-order valence-electron chi connectivity index (χ3n) is 4.42. The predicted octanol–water partition coefficient (Wildman–Crippen LogP) is 3.56. The number of hydrogen-bond donors (Lipinski definition) is 2. The van der Waals surface area contributed by atoms with Crippen LogP contribution in [-0.2, 0) is 0 Å². The molecule has 2 N–H and O–H groups in total. The Balaban J connectivity index is 2.12. The summed E-state index contributed by atoms with van der Waals surface area (Å²) >= 11 is 0. The molecule has 1 amide bonds. The molecule has 0 aliphatic heterocycles. The average molecular weight is 289 g/mol. The van der Waals surface area contributed by atoms with Crippen LogP contribution < -0.4 is 10.6 Å². The fourth-order valence-electron chi connectivity index (χ4n) is 2.97. The van der Waals surface area contributed by atoms with Gasteiger partial charge in [0.2, 0.25) is 0 Å². The average Bonchev–Trinajstić information content (AvgIpc) is 3.00. The molecule has 0 bridgehead atoms. The van der Waals surface area contributed by atoms with Gasteiger partial charge in [-0.15, -0.1) is 0 Å². The van der Waals surface area contributed by atoms with E-state index < -0.39 is 0 Å². The Labute approximate surface area is 127 Å². The van der Waals surface area contributed by atoms with Crippen LogP contribution in [0.15, 0.2) is 12.1 Å². The number of hydrogen-bond acceptors (Lipinski definition) is 3. The van der Waals surface area contributed by atoms with Crippen LogP contribution in [0.4, 0.5) is 5.82 Å². The summed E-state index contributed by atoms with van der Waals surface area (Å²) in [7, 11) is 1.83. The minimum Gasteiger partial charge on any atom is -0.373 e. The summed E-state index contributed by atoms with van der Waals surface area (Å²) in [6.45, 7) is 6.30. The van der Waals surface area contributed by atoms with E-state index in [0.717, 1.165) is 11.5 Å². The fraction of sp³-hybridized carbons (Fsp3) is 0.647. The van der Waals surface area contributed by atoms with Gasteiger partial charge in [0.05, 0.1) is 0 Å². The molecule has 0 saturated heterocycles. The maximum Gasteiger partial charge on any atom is 0.251 e. The molecule has 1 saturated carbocycles.